The number of hydrogen-bond donors (Lipinski definition) is 1. The quantitative estimate of drug-likeness (QED) is 0.852. The van der Waals surface area contributed by atoms with E-state index in [0.29, 0.717) is 6.04 Å². The van der Waals surface area contributed by atoms with Gasteiger partial charge in [0, 0.05) is 18.2 Å². The first-order valence-corrected chi connectivity index (χ1v) is 7.12. The van der Waals surface area contributed by atoms with Gasteiger partial charge in [-0.05, 0) is 31.7 Å². The molecule has 1 aliphatic rings. The SMILES string of the molecule is C[C@@H](NCc1ccccc1OCC#N)C1CCCC1. The first-order valence-electron chi connectivity index (χ1n) is 7.12. The number of nitrogens with one attached hydrogen (secondary N) is 1. The summed E-state index contributed by atoms with van der Waals surface area (Å²) in [5.41, 5.74) is 1.13. The number of rotatable bonds is 6. The highest BCUT2D eigenvalue weighted by Crippen LogP contribution is 2.28. The van der Waals surface area contributed by atoms with Gasteiger partial charge in [-0.15, -0.1) is 0 Å². The molecule has 0 bridgehead atoms. The van der Waals surface area contributed by atoms with E-state index in [1.807, 2.05) is 24.3 Å². The Morgan fingerprint density at radius 1 is 1.37 bits per heavy atom. The molecule has 0 amide bonds. The first-order chi connectivity index (χ1) is 9.31. The van der Waals surface area contributed by atoms with E-state index in [1.165, 1.54) is 25.7 Å². The zero-order chi connectivity index (χ0) is 13.5. The minimum Gasteiger partial charge on any atom is -0.478 e. The topological polar surface area (TPSA) is 45.0 Å². The summed E-state index contributed by atoms with van der Waals surface area (Å²) >= 11 is 0. The van der Waals surface area contributed by atoms with E-state index in [0.717, 1.165) is 23.8 Å². The molecule has 1 fully saturated rings. The molecule has 3 nitrogen and oxygen atoms in total. The maximum Gasteiger partial charge on any atom is 0.174 e. The minimum atomic E-state index is 0.106. The van der Waals surface area contributed by atoms with Crippen molar-refractivity contribution in [3.05, 3.63) is 29.8 Å². The summed E-state index contributed by atoms with van der Waals surface area (Å²) in [4.78, 5) is 0. The Morgan fingerprint density at radius 2 is 2.11 bits per heavy atom. The minimum absolute atomic E-state index is 0.106. The van der Waals surface area contributed by atoms with Gasteiger partial charge >= 0.3 is 0 Å². The molecule has 2 rings (SSSR count). The molecule has 0 aromatic heterocycles. The number of ether oxygens (including phenoxy) is 1. The van der Waals surface area contributed by atoms with E-state index >= 15 is 0 Å². The highest BCUT2D eigenvalue weighted by molar-refractivity contribution is 5.33. The van der Waals surface area contributed by atoms with Crippen LogP contribution in [-0.4, -0.2) is 12.6 Å². The van der Waals surface area contributed by atoms with Crippen LogP contribution in [0.4, 0.5) is 0 Å². The summed E-state index contributed by atoms with van der Waals surface area (Å²) in [5.74, 6) is 1.63. The molecule has 1 aromatic carbocycles. The summed E-state index contributed by atoms with van der Waals surface area (Å²) in [6, 6.07) is 10.5. The van der Waals surface area contributed by atoms with Gasteiger partial charge in [-0.25, -0.2) is 0 Å². The monoisotopic (exact) mass is 258 g/mol. The van der Waals surface area contributed by atoms with Crippen LogP contribution >= 0.6 is 0 Å². The van der Waals surface area contributed by atoms with Gasteiger partial charge in [0.25, 0.3) is 0 Å². The first kappa shape index (κ1) is 13.9. The predicted octanol–water partition coefficient (Wildman–Crippen LogP) is 3.26. The van der Waals surface area contributed by atoms with Crippen molar-refractivity contribution in [2.45, 2.75) is 45.2 Å². The molecule has 0 spiro atoms. The molecule has 102 valence electrons. The molecule has 0 aliphatic heterocycles. The maximum absolute atomic E-state index is 8.59. The van der Waals surface area contributed by atoms with Gasteiger partial charge in [0.2, 0.25) is 0 Å². The lowest BCUT2D eigenvalue weighted by molar-refractivity contribution is 0.352. The molecule has 3 heteroatoms. The second kappa shape index (κ2) is 7.16. The lowest BCUT2D eigenvalue weighted by atomic mass is 9.99. The summed E-state index contributed by atoms with van der Waals surface area (Å²) in [5, 5.41) is 12.2. The smallest absolute Gasteiger partial charge is 0.174 e. The molecule has 0 heterocycles. The Hall–Kier alpha value is -1.53. The zero-order valence-corrected chi connectivity index (χ0v) is 11.6. The van der Waals surface area contributed by atoms with E-state index in [-0.39, 0.29) is 6.61 Å². The maximum atomic E-state index is 8.59. The van der Waals surface area contributed by atoms with Gasteiger partial charge in [0.05, 0.1) is 0 Å². The molecular formula is C16H22N2O. The van der Waals surface area contributed by atoms with Gasteiger partial charge in [-0.2, -0.15) is 5.26 Å². The molecule has 0 saturated heterocycles. The fourth-order valence-electron chi connectivity index (χ4n) is 2.80. The third-order valence-electron chi connectivity index (χ3n) is 3.99. The van der Waals surface area contributed by atoms with E-state index < -0.39 is 0 Å². The average molecular weight is 258 g/mol. The molecule has 1 atom stereocenters. The average Bonchev–Trinajstić information content (AvgIpc) is 2.97. The van der Waals surface area contributed by atoms with Crippen molar-refractivity contribution >= 4 is 0 Å². The van der Waals surface area contributed by atoms with Crippen molar-refractivity contribution in [3.63, 3.8) is 0 Å². The van der Waals surface area contributed by atoms with Crippen molar-refractivity contribution in [2.24, 2.45) is 5.92 Å². The van der Waals surface area contributed by atoms with Crippen LogP contribution in [0, 0.1) is 17.2 Å². The van der Waals surface area contributed by atoms with Crippen LogP contribution in [0.15, 0.2) is 24.3 Å². The summed E-state index contributed by atoms with van der Waals surface area (Å²) in [6.07, 6.45) is 5.44. The molecule has 0 unspecified atom stereocenters. The van der Waals surface area contributed by atoms with Crippen molar-refractivity contribution < 1.29 is 4.74 Å². The van der Waals surface area contributed by atoms with E-state index in [9.17, 15) is 0 Å². The Morgan fingerprint density at radius 3 is 2.84 bits per heavy atom. The molecule has 0 radical (unpaired) electrons. The van der Waals surface area contributed by atoms with Crippen LogP contribution in [0.25, 0.3) is 0 Å². The fraction of sp³-hybridized carbons (Fsp3) is 0.562. The summed E-state index contributed by atoms with van der Waals surface area (Å²) in [7, 11) is 0. The van der Waals surface area contributed by atoms with Crippen LogP contribution in [0.2, 0.25) is 0 Å². The normalized spacial score (nSPS) is 17.1. The molecule has 1 aliphatic carbocycles. The third-order valence-corrected chi connectivity index (χ3v) is 3.99. The zero-order valence-electron chi connectivity index (χ0n) is 11.6. The van der Waals surface area contributed by atoms with E-state index in [1.54, 1.807) is 0 Å². The van der Waals surface area contributed by atoms with Crippen LogP contribution < -0.4 is 10.1 Å². The van der Waals surface area contributed by atoms with Gasteiger partial charge in [-0.1, -0.05) is 31.0 Å². The molecule has 1 N–H and O–H groups in total. The van der Waals surface area contributed by atoms with Crippen LogP contribution in [0.1, 0.15) is 38.2 Å². The summed E-state index contributed by atoms with van der Waals surface area (Å²) in [6.45, 7) is 3.18. The number of hydrogen-bond acceptors (Lipinski definition) is 3. The van der Waals surface area contributed by atoms with Crippen molar-refractivity contribution in [3.8, 4) is 11.8 Å². The molecule has 1 aromatic rings. The van der Waals surface area contributed by atoms with Crippen molar-refractivity contribution in [1.29, 1.82) is 5.26 Å². The van der Waals surface area contributed by atoms with Gasteiger partial charge < -0.3 is 10.1 Å². The van der Waals surface area contributed by atoms with Gasteiger partial charge in [-0.3, -0.25) is 0 Å². The molecule has 1 saturated carbocycles. The number of nitrogens with zero attached hydrogens (tertiary/aromatic N) is 1. The fourth-order valence-corrected chi connectivity index (χ4v) is 2.80. The molecule has 19 heavy (non-hydrogen) atoms. The van der Waals surface area contributed by atoms with Gasteiger partial charge in [0.1, 0.15) is 11.8 Å². The number of nitriles is 1. The van der Waals surface area contributed by atoms with Crippen LogP contribution in [0.3, 0.4) is 0 Å². The van der Waals surface area contributed by atoms with Crippen molar-refractivity contribution in [1.82, 2.24) is 5.32 Å². The van der Waals surface area contributed by atoms with E-state index in [4.69, 9.17) is 10.00 Å². The number of benzene rings is 1. The van der Waals surface area contributed by atoms with Crippen LogP contribution in [0.5, 0.6) is 5.75 Å². The second-order valence-corrected chi connectivity index (χ2v) is 5.27. The van der Waals surface area contributed by atoms with E-state index in [2.05, 4.69) is 18.3 Å². The second-order valence-electron chi connectivity index (χ2n) is 5.27. The summed E-state index contributed by atoms with van der Waals surface area (Å²) < 4.78 is 5.44. The lowest BCUT2D eigenvalue weighted by Gasteiger charge is -2.21. The van der Waals surface area contributed by atoms with Crippen LogP contribution in [-0.2, 0) is 6.54 Å². The van der Waals surface area contributed by atoms with Crippen molar-refractivity contribution in [2.75, 3.05) is 6.61 Å². The molecular weight excluding hydrogens is 236 g/mol. The van der Waals surface area contributed by atoms with Gasteiger partial charge in [0.15, 0.2) is 6.61 Å². The largest absolute Gasteiger partial charge is 0.478 e. The Balaban J connectivity index is 1.89. The standard InChI is InChI=1S/C16H22N2O/c1-13(14-6-2-3-7-14)18-12-15-8-4-5-9-16(15)19-11-10-17/h4-5,8-9,13-14,18H,2-3,6-7,11-12H2,1H3/t13-/m1/s1. The lowest BCUT2D eigenvalue weighted by Crippen LogP contribution is -2.31. The highest BCUT2D eigenvalue weighted by Gasteiger charge is 2.21. The Kier molecular flexibility index (Phi) is 5.23. The Bertz CT molecular complexity index is 433. The highest BCUT2D eigenvalue weighted by atomic mass is 16.5. The number of para-hydroxylation sites is 1. The predicted molar refractivity (Wildman–Crippen MR) is 75.8 cm³/mol. The Labute approximate surface area is 115 Å². The third kappa shape index (κ3) is 3.97.